The second kappa shape index (κ2) is 3.76. The van der Waals surface area contributed by atoms with Crippen LogP contribution in [-0.4, -0.2) is 8.42 Å². The van der Waals surface area contributed by atoms with Crippen molar-refractivity contribution in [3.05, 3.63) is 35.4 Å². The Labute approximate surface area is 82.0 Å². The lowest BCUT2D eigenvalue weighted by Crippen LogP contribution is -2.03. The van der Waals surface area contributed by atoms with E-state index in [2.05, 4.69) is 0 Å². The average molecular weight is 213 g/mol. The van der Waals surface area contributed by atoms with Crippen molar-refractivity contribution in [1.82, 2.24) is 0 Å². The number of hydrogen-bond acceptors (Lipinski definition) is 3. The molecule has 0 aliphatic carbocycles. The van der Waals surface area contributed by atoms with Gasteiger partial charge in [-0.25, -0.2) is 0 Å². The maximum atomic E-state index is 12.6. The van der Waals surface area contributed by atoms with Gasteiger partial charge in [0.2, 0.25) is 0 Å². The third-order valence-corrected chi connectivity index (χ3v) is 3.02. The number of rotatable bonds is 2. The first kappa shape index (κ1) is 10.7. The van der Waals surface area contributed by atoms with Crippen molar-refractivity contribution in [3.8, 4) is 6.07 Å². The smallest absolute Gasteiger partial charge is 0.194 e. The van der Waals surface area contributed by atoms with Crippen molar-refractivity contribution < 1.29 is 12.3 Å². The van der Waals surface area contributed by atoms with Gasteiger partial charge in [-0.05, 0) is 24.6 Å². The molecule has 74 valence electrons. The molecule has 0 saturated heterocycles. The zero-order valence-corrected chi connectivity index (χ0v) is 8.25. The fourth-order valence-electron chi connectivity index (χ4n) is 1.02. The van der Waals surface area contributed by atoms with Gasteiger partial charge in [0.15, 0.2) is 0 Å². The molecule has 1 unspecified atom stereocenters. The van der Waals surface area contributed by atoms with Gasteiger partial charge >= 0.3 is 10.2 Å². The van der Waals surface area contributed by atoms with Gasteiger partial charge in [0.25, 0.3) is 0 Å². The van der Waals surface area contributed by atoms with Crippen molar-refractivity contribution in [1.29, 1.82) is 5.26 Å². The van der Waals surface area contributed by atoms with Crippen LogP contribution in [0, 0.1) is 11.3 Å². The van der Waals surface area contributed by atoms with Crippen LogP contribution in [0.5, 0.6) is 0 Å². The third-order valence-electron chi connectivity index (χ3n) is 1.91. The Morgan fingerprint density at radius 1 is 1.50 bits per heavy atom. The molecule has 0 radical (unpaired) electrons. The van der Waals surface area contributed by atoms with E-state index in [1.807, 2.05) is 6.07 Å². The minimum absolute atomic E-state index is 0.284. The van der Waals surface area contributed by atoms with Crippen molar-refractivity contribution in [2.45, 2.75) is 12.2 Å². The van der Waals surface area contributed by atoms with E-state index in [1.165, 1.54) is 31.2 Å². The molecule has 0 bridgehead atoms. The van der Waals surface area contributed by atoms with E-state index >= 15 is 0 Å². The van der Waals surface area contributed by atoms with Crippen molar-refractivity contribution in [3.63, 3.8) is 0 Å². The lowest BCUT2D eigenvalue weighted by Gasteiger charge is -2.06. The van der Waals surface area contributed by atoms with E-state index in [0.29, 0.717) is 5.56 Å². The normalized spacial score (nSPS) is 13.2. The van der Waals surface area contributed by atoms with Crippen LogP contribution in [0.3, 0.4) is 0 Å². The lowest BCUT2D eigenvalue weighted by molar-refractivity contribution is 0.540. The SMILES string of the molecule is CC(c1cccc(C#N)c1)S(=O)(=O)F. The second-order valence-corrected chi connectivity index (χ2v) is 4.51. The number of hydrogen-bond donors (Lipinski definition) is 0. The Kier molecular flexibility index (Phi) is 2.87. The van der Waals surface area contributed by atoms with E-state index in [0.717, 1.165) is 0 Å². The number of nitrogens with zero attached hydrogens (tertiary/aromatic N) is 1. The molecule has 0 spiro atoms. The summed E-state index contributed by atoms with van der Waals surface area (Å²) in [4.78, 5) is 0. The zero-order valence-electron chi connectivity index (χ0n) is 7.44. The molecule has 1 aromatic carbocycles. The molecule has 0 aliphatic heterocycles. The van der Waals surface area contributed by atoms with E-state index in [4.69, 9.17) is 5.26 Å². The molecule has 3 nitrogen and oxygen atoms in total. The van der Waals surface area contributed by atoms with Crippen LogP contribution in [0.2, 0.25) is 0 Å². The molecular weight excluding hydrogens is 205 g/mol. The van der Waals surface area contributed by atoms with Crippen LogP contribution in [-0.2, 0) is 10.2 Å². The largest absolute Gasteiger partial charge is 0.309 e. The molecule has 5 heteroatoms. The van der Waals surface area contributed by atoms with Gasteiger partial charge in [0.1, 0.15) is 5.25 Å². The predicted octanol–water partition coefficient (Wildman–Crippen LogP) is 1.92. The highest BCUT2D eigenvalue weighted by Gasteiger charge is 2.21. The summed E-state index contributed by atoms with van der Waals surface area (Å²) in [5, 5.41) is 7.33. The zero-order chi connectivity index (χ0) is 10.8. The molecule has 0 aliphatic rings. The Balaban J connectivity index is 3.16. The Hall–Kier alpha value is -1.41. The average Bonchev–Trinajstić information content (AvgIpc) is 2.15. The summed E-state index contributed by atoms with van der Waals surface area (Å²) in [6.45, 7) is 1.24. The highest BCUT2D eigenvalue weighted by molar-refractivity contribution is 7.86. The van der Waals surface area contributed by atoms with Crippen molar-refractivity contribution in [2.24, 2.45) is 0 Å². The maximum Gasteiger partial charge on any atom is 0.309 e. The summed E-state index contributed by atoms with van der Waals surface area (Å²) in [5.74, 6) is 0. The third kappa shape index (κ3) is 2.30. The predicted molar refractivity (Wildman–Crippen MR) is 49.6 cm³/mol. The summed E-state index contributed by atoms with van der Waals surface area (Å²) in [7, 11) is -4.59. The topological polar surface area (TPSA) is 57.9 Å². The molecule has 1 rings (SSSR count). The van der Waals surface area contributed by atoms with Crippen LogP contribution in [0.4, 0.5) is 3.89 Å². The van der Waals surface area contributed by atoms with Crippen molar-refractivity contribution in [2.75, 3.05) is 0 Å². The Morgan fingerprint density at radius 2 is 2.14 bits per heavy atom. The van der Waals surface area contributed by atoms with Crippen LogP contribution >= 0.6 is 0 Å². The molecule has 1 atom stereocenters. The molecule has 0 fully saturated rings. The molecule has 0 amide bonds. The number of halogens is 1. The molecule has 0 saturated carbocycles. The maximum absolute atomic E-state index is 12.6. The molecule has 14 heavy (non-hydrogen) atoms. The molecule has 0 heterocycles. The first-order valence-corrected chi connectivity index (χ1v) is 5.33. The monoisotopic (exact) mass is 213 g/mol. The van der Waals surface area contributed by atoms with Crippen LogP contribution < -0.4 is 0 Å². The summed E-state index contributed by atoms with van der Waals surface area (Å²) in [5.41, 5.74) is 0.601. The number of nitriles is 1. The van der Waals surface area contributed by atoms with Gasteiger partial charge < -0.3 is 0 Å². The Morgan fingerprint density at radius 3 is 2.64 bits per heavy atom. The lowest BCUT2D eigenvalue weighted by atomic mass is 10.1. The van der Waals surface area contributed by atoms with Crippen LogP contribution in [0.25, 0.3) is 0 Å². The quantitative estimate of drug-likeness (QED) is 0.705. The van der Waals surface area contributed by atoms with Crippen LogP contribution in [0.1, 0.15) is 23.3 Å². The van der Waals surface area contributed by atoms with Gasteiger partial charge in [-0.3, -0.25) is 0 Å². The molecule has 1 aromatic rings. The van der Waals surface area contributed by atoms with E-state index in [1.54, 1.807) is 0 Å². The van der Waals surface area contributed by atoms with E-state index in [-0.39, 0.29) is 5.56 Å². The minimum Gasteiger partial charge on any atom is -0.194 e. The Bertz CT molecular complexity index is 476. The summed E-state index contributed by atoms with van der Waals surface area (Å²) < 4.78 is 33.8. The van der Waals surface area contributed by atoms with Gasteiger partial charge in [-0.1, -0.05) is 12.1 Å². The van der Waals surface area contributed by atoms with Gasteiger partial charge in [0, 0.05) is 0 Å². The van der Waals surface area contributed by atoms with Gasteiger partial charge in [0.05, 0.1) is 11.6 Å². The minimum atomic E-state index is -4.59. The second-order valence-electron chi connectivity index (χ2n) is 2.86. The van der Waals surface area contributed by atoms with Gasteiger partial charge in [-0.15, -0.1) is 3.89 Å². The first-order valence-electron chi connectivity index (χ1n) is 3.88. The fraction of sp³-hybridized carbons (Fsp3) is 0.222. The van der Waals surface area contributed by atoms with Gasteiger partial charge in [-0.2, -0.15) is 13.7 Å². The van der Waals surface area contributed by atoms with E-state index < -0.39 is 15.5 Å². The fourth-order valence-corrected chi connectivity index (χ4v) is 1.50. The summed E-state index contributed by atoms with van der Waals surface area (Å²) >= 11 is 0. The highest BCUT2D eigenvalue weighted by atomic mass is 32.3. The first-order chi connectivity index (χ1) is 6.45. The van der Waals surface area contributed by atoms with Crippen molar-refractivity contribution >= 4 is 10.2 Å². The molecule has 0 N–H and O–H groups in total. The summed E-state index contributed by atoms with van der Waals surface area (Å²) in [6, 6.07) is 7.75. The molecule has 0 aromatic heterocycles. The standard InChI is InChI=1S/C9H8FNO2S/c1-7(14(10,12)13)9-4-2-3-8(5-9)6-11/h2-5,7H,1H3. The number of benzene rings is 1. The van der Waals surface area contributed by atoms with E-state index in [9.17, 15) is 12.3 Å². The summed E-state index contributed by atoms with van der Waals surface area (Å²) in [6.07, 6.45) is 0. The highest BCUT2D eigenvalue weighted by Crippen LogP contribution is 2.23. The molecular formula is C9H8FNO2S. The van der Waals surface area contributed by atoms with Crippen LogP contribution in [0.15, 0.2) is 24.3 Å².